The zero-order valence-electron chi connectivity index (χ0n) is 26.1. The molecule has 41 heavy (non-hydrogen) atoms. The number of carbonyl (C=O) groups is 1. The Hall–Kier alpha value is -1.50. The van der Waals surface area contributed by atoms with Gasteiger partial charge in [0.2, 0.25) is 5.91 Å². The monoisotopic (exact) mass is 564 g/mol. The minimum atomic E-state index is -0.497. The van der Waals surface area contributed by atoms with Crippen molar-refractivity contribution >= 4 is 5.91 Å². The van der Waals surface area contributed by atoms with Gasteiger partial charge in [-0.1, -0.05) is 40.7 Å². The standard InChI is InChI=1S/C35H52N2O4/c1-21-17-24(19-37(22(2)38)18-23-9-7-8-16-36-23)41-29-28(21)32(5)14-15-35-20-34(35)13-12-27(39)31(3,4)25(34)10-11-26(35)33(32,6)30(29)40/h7-9,16,21,24-30,39-40H,10-15,17-20H2,1-6H3/t21-,24?,25+,26?,27+,28+,29?,30+,32-,33-,34?,35+/m1/s1. The van der Waals surface area contributed by atoms with Crippen molar-refractivity contribution in [3.05, 3.63) is 30.1 Å². The predicted octanol–water partition coefficient (Wildman–Crippen LogP) is 5.60. The van der Waals surface area contributed by atoms with Crippen LogP contribution in [0.25, 0.3) is 0 Å². The molecule has 6 aliphatic rings. The lowest BCUT2D eigenvalue weighted by Crippen LogP contribution is -2.59. The number of fused-ring (bicyclic) bond motifs is 4. The van der Waals surface area contributed by atoms with E-state index in [-0.39, 0.29) is 40.5 Å². The van der Waals surface area contributed by atoms with E-state index in [4.69, 9.17) is 4.74 Å². The molecule has 1 saturated heterocycles. The Bertz CT molecular complexity index is 1210. The lowest BCUT2D eigenvalue weighted by Gasteiger charge is -2.63. The van der Waals surface area contributed by atoms with Crippen LogP contribution < -0.4 is 0 Å². The normalized spacial score (nSPS) is 50.9. The molecule has 2 heterocycles. The molecule has 0 bridgehead atoms. The van der Waals surface area contributed by atoms with Crippen molar-refractivity contribution in [1.29, 1.82) is 0 Å². The maximum atomic E-state index is 12.7. The third-order valence-electron chi connectivity index (χ3n) is 14.8. The fraction of sp³-hybridized carbons (Fsp3) is 0.829. The van der Waals surface area contributed by atoms with Crippen LogP contribution in [0, 0.1) is 50.7 Å². The number of hydrogen-bond acceptors (Lipinski definition) is 5. The van der Waals surface area contributed by atoms with Crippen molar-refractivity contribution < 1.29 is 19.7 Å². The first kappa shape index (κ1) is 28.3. The number of nitrogens with zero attached hydrogens (tertiary/aromatic N) is 2. The van der Waals surface area contributed by atoms with Crippen LogP contribution in [0.15, 0.2) is 24.4 Å². The van der Waals surface area contributed by atoms with E-state index in [9.17, 15) is 15.0 Å². The molecule has 5 aliphatic carbocycles. The highest BCUT2D eigenvalue weighted by atomic mass is 16.5. The van der Waals surface area contributed by atoms with Gasteiger partial charge in [0.1, 0.15) is 0 Å². The van der Waals surface area contributed by atoms with Crippen molar-refractivity contribution in [2.24, 2.45) is 50.7 Å². The number of aliphatic hydroxyl groups excluding tert-OH is 2. The van der Waals surface area contributed by atoms with Crippen LogP contribution in [0.5, 0.6) is 0 Å². The number of amides is 1. The summed E-state index contributed by atoms with van der Waals surface area (Å²) < 4.78 is 6.91. The quantitative estimate of drug-likeness (QED) is 0.497. The molecule has 1 aromatic heterocycles. The van der Waals surface area contributed by atoms with Crippen molar-refractivity contribution in [2.75, 3.05) is 6.54 Å². The number of pyridine rings is 1. The average Bonchev–Trinajstić information content (AvgIpc) is 3.56. The Morgan fingerprint density at radius 1 is 1.05 bits per heavy atom. The van der Waals surface area contributed by atoms with E-state index in [0.717, 1.165) is 37.8 Å². The molecule has 1 aromatic rings. The summed E-state index contributed by atoms with van der Waals surface area (Å²) >= 11 is 0. The SMILES string of the molecule is CC(=O)N(Cc1ccccn1)CC1C[C@@H](C)[C@H]2C(O1)[C@H](O)[C@@]1(C)C3CC[C@H]4C(C)(C)[C@@H](O)CCC45C[C@@]35CC[C@]21C. The first-order valence-electron chi connectivity index (χ1n) is 16.5. The molecule has 2 spiro atoms. The molecular formula is C35H52N2O4. The molecule has 12 atom stereocenters. The summed E-state index contributed by atoms with van der Waals surface area (Å²) in [6, 6.07) is 5.82. The highest BCUT2D eigenvalue weighted by Gasteiger charge is 2.84. The molecule has 5 saturated carbocycles. The summed E-state index contributed by atoms with van der Waals surface area (Å²) in [6.45, 7) is 14.6. The highest BCUT2D eigenvalue weighted by molar-refractivity contribution is 5.73. The first-order valence-corrected chi connectivity index (χ1v) is 16.5. The van der Waals surface area contributed by atoms with Crippen molar-refractivity contribution in [2.45, 2.75) is 124 Å². The number of hydrogen-bond donors (Lipinski definition) is 2. The molecule has 6 fully saturated rings. The smallest absolute Gasteiger partial charge is 0.219 e. The summed E-state index contributed by atoms with van der Waals surface area (Å²) in [7, 11) is 0. The van der Waals surface area contributed by atoms with Crippen LogP contribution in [0.1, 0.15) is 98.6 Å². The third-order valence-corrected chi connectivity index (χ3v) is 14.8. The van der Waals surface area contributed by atoms with Gasteiger partial charge in [0.05, 0.1) is 36.7 Å². The van der Waals surface area contributed by atoms with Gasteiger partial charge in [-0.25, -0.2) is 0 Å². The van der Waals surface area contributed by atoms with Gasteiger partial charge < -0.3 is 19.8 Å². The molecule has 1 amide bonds. The number of carbonyl (C=O) groups excluding carboxylic acids is 1. The molecular weight excluding hydrogens is 512 g/mol. The van der Waals surface area contributed by atoms with E-state index >= 15 is 0 Å². The molecule has 7 rings (SSSR count). The van der Waals surface area contributed by atoms with Crippen LogP contribution >= 0.6 is 0 Å². The van der Waals surface area contributed by atoms with Gasteiger partial charge in [-0.05, 0) is 109 Å². The Morgan fingerprint density at radius 2 is 1.78 bits per heavy atom. The predicted molar refractivity (Wildman–Crippen MR) is 157 cm³/mol. The van der Waals surface area contributed by atoms with E-state index in [1.807, 2.05) is 23.1 Å². The van der Waals surface area contributed by atoms with Gasteiger partial charge >= 0.3 is 0 Å². The maximum Gasteiger partial charge on any atom is 0.219 e. The van der Waals surface area contributed by atoms with Gasteiger partial charge in [0.15, 0.2) is 0 Å². The van der Waals surface area contributed by atoms with Crippen LogP contribution in [-0.4, -0.2) is 57.0 Å². The Balaban J connectivity index is 1.16. The number of ether oxygens (including phenoxy) is 1. The van der Waals surface area contributed by atoms with Crippen molar-refractivity contribution in [3.8, 4) is 0 Å². The minimum Gasteiger partial charge on any atom is -0.393 e. The van der Waals surface area contributed by atoms with Gasteiger partial charge in [-0.3, -0.25) is 9.78 Å². The second-order valence-electron chi connectivity index (χ2n) is 16.4. The van der Waals surface area contributed by atoms with Crippen LogP contribution in [0.2, 0.25) is 0 Å². The topological polar surface area (TPSA) is 82.9 Å². The molecule has 4 unspecified atom stereocenters. The van der Waals surface area contributed by atoms with Crippen molar-refractivity contribution in [1.82, 2.24) is 9.88 Å². The van der Waals surface area contributed by atoms with Crippen molar-refractivity contribution in [3.63, 3.8) is 0 Å². The largest absolute Gasteiger partial charge is 0.393 e. The molecule has 2 N–H and O–H groups in total. The summed E-state index contributed by atoms with van der Waals surface area (Å²) in [4.78, 5) is 19.0. The van der Waals surface area contributed by atoms with Gasteiger partial charge in [0.25, 0.3) is 0 Å². The van der Waals surface area contributed by atoms with E-state index in [1.54, 1.807) is 13.1 Å². The number of rotatable bonds is 4. The van der Waals surface area contributed by atoms with Gasteiger partial charge in [-0.15, -0.1) is 0 Å². The lowest BCUT2D eigenvalue weighted by atomic mass is 9.41. The van der Waals surface area contributed by atoms with Crippen LogP contribution in [-0.2, 0) is 16.1 Å². The fourth-order valence-corrected chi connectivity index (χ4v) is 12.7. The van der Waals surface area contributed by atoms with Gasteiger partial charge in [-0.2, -0.15) is 0 Å². The number of aliphatic hydroxyl groups is 2. The van der Waals surface area contributed by atoms with E-state index in [1.165, 1.54) is 19.3 Å². The molecule has 0 aromatic carbocycles. The second-order valence-corrected chi connectivity index (χ2v) is 16.4. The summed E-state index contributed by atoms with van der Waals surface area (Å²) in [5, 5.41) is 23.4. The third kappa shape index (κ3) is 3.53. The van der Waals surface area contributed by atoms with Crippen LogP contribution in [0.3, 0.4) is 0 Å². The maximum absolute atomic E-state index is 12.7. The Morgan fingerprint density at radius 3 is 2.49 bits per heavy atom. The van der Waals surface area contributed by atoms with Gasteiger partial charge in [0, 0.05) is 25.1 Å². The number of aromatic nitrogens is 1. The Labute approximate surface area is 246 Å². The zero-order valence-corrected chi connectivity index (χ0v) is 26.1. The van der Waals surface area contributed by atoms with Crippen LogP contribution in [0.4, 0.5) is 0 Å². The zero-order chi connectivity index (χ0) is 29.2. The highest BCUT2D eigenvalue weighted by Crippen LogP contribution is 2.89. The molecule has 6 nitrogen and oxygen atoms in total. The molecule has 1 aliphatic heterocycles. The summed E-state index contributed by atoms with van der Waals surface area (Å²) in [5.41, 5.74) is 1.36. The molecule has 226 valence electrons. The van der Waals surface area contributed by atoms with E-state index in [0.29, 0.717) is 47.6 Å². The minimum absolute atomic E-state index is 0.0284. The van der Waals surface area contributed by atoms with E-state index < -0.39 is 6.10 Å². The van der Waals surface area contributed by atoms with E-state index in [2.05, 4.69) is 39.6 Å². The molecule has 6 heteroatoms. The molecule has 0 radical (unpaired) electrons. The Kier molecular flexibility index (Phi) is 6.22. The lowest BCUT2D eigenvalue weighted by molar-refractivity contribution is -0.182. The second kappa shape index (κ2) is 9.01. The fourth-order valence-electron chi connectivity index (χ4n) is 12.7. The average molecular weight is 565 g/mol. The first-order chi connectivity index (χ1) is 19.3. The summed E-state index contributed by atoms with van der Waals surface area (Å²) in [5.74, 6) is 1.87. The summed E-state index contributed by atoms with van der Waals surface area (Å²) in [6.07, 6.45) is 9.84.